The zero-order valence-corrected chi connectivity index (χ0v) is 15.4. The molecule has 5 nitrogen and oxygen atoms in total. The normalized spacial score (nSPS) is 14.2. The van der Waals surface area contributed by atoms with Crippen molar-refractivity contribution >= 4 is 34.8 Å². The lowest BCUT2D eigenvalue weighted by atomic mass is 10.1. The maximum absolute atomic E-state index is 8.34. The lowest BCUT2D eigenvalue weighted by Gasteiger charge is -2.40. The van der Waals surface area contributed by atoms with Gasteiger partial charge in [0, 0.05) is 44.3 Å². The number of rotatable bonds is 5. The van der Waals surface area contributed by atoms with Crippen LogP contribution < -0.4 is 5.32 Å². The molecule has 22 heavy (non-hydrogen) atoms. The molecule has 0 aromatic carbocycles. The van der Waals surface area contributed by atoms with E-state index in [0.29, 0.717) is 11.8 Å². The lowest BCUT2D eigenvalue weighted by Crippen LogP contribution is -2.54. The Morgan fingerprint density at radius 3 is 2.68 bits per heavy atom. The predicted molar refractivity (Wildman–Crippen MR) is 99.5 cm³/mol. The number of aromatic nitrogens is 1. The van der Waals surface area contributed by atoms with E-state index in [9.17, 15) is 0 Å². The van der Waals surface area contributed by atoms with Crippen LogP contribution in [0.1, 0.15) is 25.1 Å². The van der Waals surface area contributed by atoms with Gasteiger partial charge in [-0.05, 0) is 18.9 Å². The molecule has 1 aliphatic rings. The van der Waals surface area contributed by atoms with Crippen LogP contribution in [0.5, 0.6) is 0 Å². The summed E-state index contributed by atoms with van der Waals surface area (Å²) < 4.78 is 5.26. The molecular formula is C15H26N4OS2. The van der Waals surface area contributed by atoms with E-state index in [1.165, 1.54) is 0 Å². The summed E-state index contributed by atoms with van der Waals surface area (Å²) in [6.07, 6.45) is 2.04. The van der Waals surface area contributed by atoms with Crippen LogP contribution in [-0.4, -0.2) is 48.6 Å². The van der Waals surface area contributed by atoms with Crippen molar-refractivity contribution in [2.75, 3.05) is 32.1 Å². The van der Waals surface area contributed by atoms with Crippen molar-refractivity contribution in [1.82, 2.24) is 9.88 Å². The highest BCUT2D eigenvalue weighted by molar-refractivity contribution is 8.59. The fourth-order valence-corrected chi connectivity index (χ4v) is 2.15. The second-order valence-electron chi connectivity index (χ2n) is 5.76. The molecule has 1 aliphatic heterocycles. The van der Waals surface area contributed by atoms with Crippen molar-refractivity contribution in [3.63, 3.8) is 0 Å². The molecule has 2 N–H and O–H groups in total. The summed E-state index contributed by atoms with van der Waals surface area (Å²) in [5.41, 5.74) is 2.83. The molecule has 1 saturated heterocycles. The largest absolute Gasteiger partial charge is 0.384 e. The van der Waals surface area contributed by atoms with Crippen LogP contribution >= 0.6 is 23.3 Å². The number of nitrogens with zero attached hydrogens (tertiary/aromatic N) is 2. The molecule has 0 radical (unpaired) electrons. The fraction of sp³-hybridized carbons (Fsp3) is 0.600. The number of pyridine rings is 1. The SMILES string of the molecule is COC1CN(C(=N)c2cnc(C)cc2NCC(C)C)C1.SS. The van der Waals surface area contributed by atoms with Crippen molar-refractivity contribution in [3.8, 4) is 0 Å². The van der Waals surface area contributed by atoms with Gasteiger partial charge < -0.3 is 15.0 Å². The first-order valence-electron chi connectivity index (χ1n) is 7.28. The summed E-state index contributed by atoms with van der Waals surface area (Å²) in [6.45, 7) is 8.78. The molecule has 2 rings (SSSR count). The van der Waals surface area contributed by atoms with E-state index in [1.807, 2.05) is 17.9 Å². The van der Waals surface area contributed by atoms with Crippen LogP contribution in [0.4, 0.5) is 5.69 Å². The molecule has 0 unspecified atom stereocenters. The number of thiol groups is 2. The van der Waals surface area contributed by atoms with Crippen molar-refractivity contribution in [3.05, 3.63) is 23.5 Å². The minimum Gasteiger partial charge on any atom is -0.384 e. The van der Waals surface area contributed by atoms with Gasteiger partial charge in [0.25, 0.3) is 0 Å². The third-order valence-electron chi connectivity index (χ3n) is 3.49. The summed E-state index contributed by atoms with van der Waals surface area (Å²) in [7, 11) is 1.72. The molecule has 0 aliphatic carbocycles. The standard InChI is InChI=1S/C15H24N4O.H2S2/c1-10(2)6-18-14-5-11(3)17-7-13(14)15(16)19-8-12(9-19)20-4;1-2/h5,7,10,12,16H,6,8-9H2,1-4H3,(H,17,18);1-2H. The highest BCUT2D eigenvalue weighted by Crippen LogP contribution is 2.21. The smallest absolute Gasteiger partial charge is 0.131 e. The molecule has 0 amide bonds. The van der Waals surface area contributed by atoms with Crippen molar-refractivity contribution in [1.29, 1.82) is 5.41 Å². The maximum atomic E-state index is 8.34. The Bertz CT molecular complexity index is 490. The summed E-state index contributed by atoms with van der Waals surface area (Å²) in [5.74, 6) is 1.09. The van der Waals surface area contributed by atoms with E-state index >= 15 is 0 Å². The Kier molecular flexibility index (Phi) is 8.06. The number of aryl methyl sites for hydroxylation is 1. The second-order valence-corrected chi connectivity index (χ2v) is 5.76. The molecule has 0 bridgehead atoms. The van der Waals surface area contributed by atoms with E-state index in [1.54, 1.807) is 13.3 Å². The van der Waals surface area contributed by atoms with Crippen LogP contribution in [0.3, 0.4) is 0 Å². The van der Waals surface area contributed by atoms with Gasteiger partial charge in [0.15, 0.2) is 0 Å². The number of amidine groups is 1. The first-order chi connectivity index (χ1) is 10.5. The van der Waals surface area contributed by atoms with Crippen LogP contribution in [0.15, 0.2) is 12.3 Å². The minimum absolute atomic E-state index is 0.251. The first-order valence-corrected chi connectivity index (χ1v) is 8.88. The van der Waals surface area contributed by atoms with Gasteiger partial charge in [-0.1, -0.05) is 13.8 Å². The average Bonchev–Trinajstić information content (AvgIpc) is 2.46. The van der Waals surface area contributed by atoms with Gasteiger partial charge in [0.2, 0.25) is 0 Å². The van der Waals surface area contributed by atoms with Crippen LogP contribution in [0, 0.1) is 18.3 Å². The molecule has 1 fully saturated rings. The number of methoxy groups -OCH3 is 1. The van der Waals surface area contributed by atoms with Crippen LogP contribution in [0.2, 0.25) is 0 Å². The van der Waals surface area contributed by atoms with Crippen LogP contribution in [-0.2, 0) is 4.74 Å². The fourth-order valence-electron chi connectivity index (χ4n) is 2.15. The van der Waals surface area contributed by atoms with Gasteiger partial charge in [-0.3, -0.25) is 10.4 Å². The number of hydrogen-bond acceptors (Lipinski definition) is 6. The third-order valence-corrected chi connectivity index (χ3v) is 3.49. The summed E-state index contributed by atoms with van der Waals surface area (Å²) in [5, 5.41) is 11.8. The first kappa shape index (κ1) is 19.1. The van der Waals surface area contributed by atoms with E-state index in [-0.39, 0.29) is 6.10 Å². The van der Waals surface area contributed by atoms with Crippen molar-refractivity contribution in [2.24, 2.45) is 5.92 Å². The molecule has 0 spiro atoms. The number of nitrogens with one attached hydrogen (secondary N) is 2. The molecule has 0 atom stereocenters. The second kappa shape index (κ2) is 9.27. The summed E-state index contributed by atoms with van der Waals surface area (Å²) >= 11 is 6.44. The van der Waals surface area contributed by atoms with Gasteiger partial charge in [0.1, 0.15) is 5.84 Å². The van der Waals surface area contributed by atoms with Gasteiger partial charge >= 0.3 is 0 Å². The summed E-state index contributed by atoms with van der Waals surface area (Å²) in [4.78, 5) is 6.34. The van der Waals surface area contributed by atoms with Crippen LogP contribution in [0.25, 0.3) is 0 Å². The number of likely N-dealkylation sites (tertiary alicyclic amines) is 1. The predicted octanol–water partition coefficient (Wildman–Crippen LogP) is 2.87. The van der Waals surface area contributed by atoms with E-state index in [2.05, 4.69) is 47.5 Å². The number of anilines is 1. The van der Waals surface area contributed by atoms with Gasteiger partial charge in [-0.25, -0.2) is 0 Å². The topological polar surface area (TPSA) is 61.2 Å². The number of ether oxygens (including phenoxy) is 1. The van der Waals surface area contributed by atoms with Gasteiger partial charge in [-0.2, -0.15) is 0 Å². The molecule has 7 heteroatoms. The van der Waals surface area contributed by atoms with Gasteiger partial charge in [-0.15, -0.1) is 23.3 Å². The Morgan fingerprint density at radius 1 is 1.50 bits per heavy atom. The molecular weight excluding hydrogens is 316 g/mol. The molecule has 1 aromatic rings. The highest BCUT2D eigenvalue weighted by Gasteiger charge is 2.30. The third kappa shape index (κ3) is 5.07. The average molecular weight is 343 g/mol. The van der Waals surface area contributed by atoms with Crippen molar-refractivity contribution in [2.45, 2.75) is 26.9 Å². The maximum Gasteiger partial charge on any atom is 0.131 e. The Hall–Kier alpha value is -0.920. The number of hydrogen-bond donors (Lipinski definition) is 4. The van der Waals surface area contributed by atoms with Gasteiger partial charge in [0.05, 0.1) is 11.7 Å². The molecule has 124 valence electrons. The summed E-state index contributed by atoms with van der Waals surface area (Å²) in [6, 6.07) is 2.01. The Balaban J connectivity index is 0.00000116. The zero-order chi connectivity index (χ0) is 16.7. The molecule has 0 saturated carbocycles. The van der Waals surface area contributed by atoms with E-state index < -0.39 is 0 Å². The quantitative estimate of drug-likeness (QED) is 0.288. The Morgan fingerprint density at radius 2 is 2.14 bits per heavy atom. The molecule has 1 aromatic heterocycles. The molecule has 2 heterocycles. The monoisotopic (exact) mass is 342 g/mol. The zero-order valence-electron chi connectivity index (χ0n) is 13.6. The van der Waals surface area contributed by atoms with E-state index in [0.717, 1.165) is 36.6 Å². The lowest BCUT2D eigenvalue weighted by molar-refractivity contribution is 0.00576. The highest BCUT2D eigenvalue weighted by atomic mass is 33.1. The Labute approximate surface area is 143 Å². The van der Waals surface area contributed by atoms with Crippen molar-refractivity contribution < 1.29 is 4.74 Å². The minimum atomic E-state index is 0.251. The van der Waals surface area contributed by atoms with E-state index in [4.69, 9.17) is 10.1 Å².